The molecule has 1 amide bonds. The lowest BCUT2D eigenvalue weighted by molar-refractivity contribution is -0.119. The standard InChI is InChI=1S/C21H24ClNO5/c1-13(2)11-27-18-9-8-15(10-19(18)26-4)21(25)28-12-20(24)23-17-7-5-6-16(22)14(17)3/h5-10,13H,11-12H2,1-4H3,(H,23,24). The largest absolute Gasteiger partial charge is 0.493 e. The van der Waals surface area contributed by atoms with Gasteiger partial charge in [-0.05, 0) is 48.7 Å². The van der Waals surface area contributed by atoms with E-state index in [0.29, 0.717) is 34.7 Å². The van der Waals surface area contributed by atoms with Crippen molar-refractivity contribution in [3.63, 3.8) is 0 Å². The van der Waals surface area contributed by atoms with Crippen molar-refractivity contribution in [2.45, 2.75) is 20.8 Å². The molecule has 2 aromatic carbocycles. The fourth-order valence-electron chi connectivity index (χ4n) is 2.31. The summed E-state index contributed by atoms with van der Waals surface area (Å²) in [6, 6.07) is 9.92. The van der Waals surface area contributed by atoms with Crippen molar-refractivity contribution in [1.82, 2.24) is 0 Å². The quantitative estimate of drug-likeness (QED) is 0.655. The molecule has 0 aromatic heterocycles. The highest BCUT2D eigenvalue weighted by molar-refractivity contribution is 6.31. The minimum absolute atomic E-state index is 0.264. The van der Waals surface area contributed by atoms with Crippen LogP contribution in [0.25, 0.3) is 0 Å². The predicted octanol–water partition coefficient (Wildman–Crippen LogP) is 4.49. The molecular weight excluding hydrogens is 382 g/mol. The van der Waals surface area contributed by atoms with E-state index >= 15 is 0 Å². The number of hydrogen-bond donors (Lipinski definition) is 1. The van der Waals surface area contributed by atoms with E-state index in [1.165, 1.54) is 13.2 Å². The van der Waals surface area contributed by atoms with Gasteiger partial charge in [0.1, 0.15) is 0 Å². The second-order valence-electron chi connectivity index (χ2n) is 6.61. The van der Waals surface area contributed by atoms with Gasteiger partial charge in [-0.1, -0.05) is 31.5 Å². The molecule has 0 radical (unpaired) electrons. The first kappa shape index (κ1) is 21.6. The van der Waals surface area contributed by atoms with Gasteiger partial charge in [0.05, 0.1) is 19.3 Å². The average molecular weight is 406 g/mol. The molecule has 0 saturated heterocycles. The molecule has 2 rings (SSSR count). The lowest BCUT2D eigenvalue weighted by Crippen LogP contribution is -2.21. The van der Waals surface area contributed by atoms with Crippen LogP contribution in [0.5, 0.6) is 11.5 Å². The number of ether oxygens (including phenoxy) is 3. The maximum atomic E-state index is 12.2. The zero-order valence-corrected chi connectivity index (χ0v) is 17.1. The third-order valence-corrected chi connectivity index (χ3v) is 4.26. The summed E-state index contributed by atoms with van der Waals surface area (Å²) in [5.41, 5.74) is 1.58. The van der Waals surface area contributed by atoms with E-state index in [2.05, 4.69) is 5.32 Å². The first-order chi connectivity index (χ1) is 13.3. The van der Waals surface area contributed by atoms with Gasteiger partial charge in [0, 0.05) is 10.7 Å². The lowest BCUT2D eigenvalue weighted by Gasteiger charge is -2.13. The van der Waals surface area contributed by atoms with E-state index in [-0.39, 0.29) is 5.56 Å². The zero-order valence-electron chi connectivity index (χ0n) is 16.4. The van der Waals surface area contributed by atoms with E-state index in [4.69, 9.17) is 25.8 Å². The van der Waals surface area contributed by atoms with Crippen molar-refractivity contribution in [2.24, 2.45) is 5.92 Å². The number of nitrogens with one attached hydrogen (secondary N) is 1. The highest BCUT2D eigenvalue weighted by Crippen LogP contribution is 2.29. The van der Waals surface area contributed by atoms with Gasteiger partial charge in [-0.15, -0.1) is 0 Å². The molecule has 0 bridgehead atoms. The third-order valence-electron chi connectivity index (χ3n) is 3.85. The van der Waals surface area contributed by atoms with Crippen LogP contribution < -0.4 is 14.8 Å². The van der Waals surface area contributed by atoms with Gasteiger partial charge in [-0.2, -0.15) is 0 Å². The van der Waals surface area contributed by atoms with Crippen LogP contribution in [0, 0.1) is 12.8 Å². The number of amides is 1. The maximum absolute atomic E-state index is 12.2. The summed E-state index contributed by atoms with van der Waals surface area (Å²) in [6.45, 7) is 5.98. The molecule has 0 fully saturated rings. The molecule has 0 unspecified atom stereocenters. The molecule has 0 heterocycles. The smallest absolute Gasteiger partial charge is 0.338 e. The lowest BCUT2D eigenvalue weighted by atomic mass is 10.2. The summed E-state index contributed by atoms with van der Waals surface area (Å²) in [6.07, 6.45) is 0. The number of anilines is 1. The normalized spacial score (nSPS) is 10.5. The zero-order chi connectivity index (χ0) is 20.7. The fourth-order valence-corrected chi connectivity index (χ4v) is 2.49. The van der Waals surface area contributed by atoms with Crippen molar-refractivity contribution < 1.29 is 23.8 Å². The summed E-state index contributed by atoms with van der Waals surface area (Å²) >= 11 is 6.03. The molecule has 2 aromatic rings. The molecule has 150 valence electrons. The van der Waals surface area contributed by atoms with Crippen LogP contribution >= 0.6 is 11.6 Å². The van der Waals surface area contributed by atoms with Gasteiger partial charge in [-0.3, -0.25) is 4.79 Å². The van der Waals surface area contributed by atoms with E-state index in [0.717, 1.165) is 5.56 Å². The second kappa shape index (κ2) is 9.99. The Morgan fingerprint density at radius 1 is 1.14 bits per heavy atom. The average Bonchev–Trinajstić information content (AvgIpc) is 2.67. The number of carbonyl (C=O) groups is 2. The van der Waals surface area contributed by atoms with Gasteiger partial charge >= 0.3 is 5.97 Å². The molecule has 0 spiro atoms. The Hall–Kier alpha value is -2.73. The second-order valence-corrected chi connectivity index (χ2v) is 7.01. The maximum Gasteiger partial charge on any atom is 0.338 e. The van der Waals surface area contributed by atoms with Crippen LogP contribution in [0.4, 0.5) is 5.69 Å². The number of carbonyl (C=O) groups excluding carboxylic acids is 2. The Bertz CT molecular complexity index is 851. The number of methoxy groups -OCH3 is 1. The highest BCUT2D eigenvalue weighted by atomic mass is 35.5. The Labute approximate surface area is 169 Å². The number of halogens is 1. The minimum atomic E-state index is -0.633. The summed E-state index contributed by atoms with van der Waals surface area (Å²) in [5.74, 6) is 0.237. The fraction of sp³-hybridized carbons (Fsp3) is 0.333. The number of benzene rings is 2. The Morgan fingerprint density at radius 2 is 1.89 bits per heavy atom. The van der Waals surface area contributed by atoms with Crippen LogP contribution in [0.3, 0.4) is 0 Å². The highest BCUT2D eigenvalue weighted by Gasteiger charge is 2.15. The van der Waals surface area contributed by atoms with E-state index in [9.17, 15) is 9.59 Å². The molecule has 0 saturated carbocycles. The van der Waals surface area contributed by atoms with Gasteiger partial charge < -0.3 is 19.5 Å². The van der Waals surface area contributed by atoms with Crippen molar-refractivity contribution in [3.05, 3.63) is 52.5 Å². The van der Waals surface area contributed by atoms with Crippen molar-refractivity contribution >= 4 is 29.2 Å². The molecule has 0 atom stereocenters. The van der Waals surface area contributed by atoms with E-state index in [1.807, 2.05) is 13.8 Å². The summed E-state index contributed by atoms with van der Waals surface area (Å²) in [7, 11) is 1.49. The molecule has 0 aliphatic heterocycles. The van der Waals surface area contributed by atoms with Crippen molar-refractivity contribution in [1.29, 1.82) is 0 Å². The number of hydrogen-bond acceptors (Lipinski definition) is 5. The third kappa shape index (κ3) is 5.89. The van der Waals surface area contributed by atoms with Crippen molar-refractivity contribution in [3.8, 4) is 11.5 Å². The van der Waals surface area contributed by atoms with Gasteiger partial charge in [-0.25, -0.2) is 4.79 Å². The van der Waals surface area contributed by atoms with Crippen LogP contribution in [-0.4, -0.2) is 32.2 Å². The van der Waals surface area contributed by atoms with Crippen molar-refractivity contribution in [2.75, 3.05) is 25.6 Å². The van der Waals surface area contributed by atoms with Gasteiger partial charge in [0.15, 0.2) is 18.1 Å². The topological polar surface area (TPSA) is 73.9 Å². The molecule has 0 aliphatic rings. The summed E-state index contributed by atoms with van der Waals surface area (Å²) in [4.78, 5) is 24.3. The van der Waals surface area contributed by atoms with Gasteiger partial charge in [0.2, 0.25) is 0 Å². The number of rotatable bonds is 8. The molecule has 7 heteroatoms. The molecule has 0 aliphatic carbocycles. The van der Waals surface area contributed by atoms with Crippen LogP contribution in [-0.2, 0) is 9.53 Å². The van der Waals surface area contributed by atoms with E-state index < -0.39 is 18.5 Å². The predicted molar refractivity (Wildman–Crippen MR) is 108 cm³/mol. The first-order valence-corrected chi connectivity index (χ1v) is 9.22. The summed E-state index contributed by atoms with van der Waals surface area (Å²) < 4.78 is 16.0. The SMILES string of the molecule is COc1cc(C(=O)OCC(=O)Nc2cccc(Cl)c2C)ccc1OCC(C)C. The van der Waals surface area contributed by atoms with Crippen LogP contribution in [0.1, 0.15) is 29.8 Å². The molecular formula is C21H24ClNO5. The molecule has 28 heavy (non-hydrogen) atoms. The number of esters is 1. The first-order valence-electron chi connectivity index (χ1n) is 8.84. The molecule has 6 nitrogen and oxygen atoms in total. The van der Waals surface area contributed by atoms with Crippen LogP contribution in [0.2, 0.25) is 5.02 Å². The monoisotopic (exact) mass is 405 g/mol. The Kier molecular flexibility index (Phi) is 7.70. The van der Waals surface area contributed by atoms with Crippen LogP contribution in [0.15, 0.2) is 36.4 Å². The molecule has 1 N–H and O–H groups in total. The Balaban J connectivity index is 1.96. The van der Waals surface area contributed by atoms with Gasteiger partial charge in [0.25, 0.3) is 5.91 Å². The Morgan fingerprint density at radius 3 is 2.57 bits per heavy atom. The van der Waals surface area contributed by atoms with E-state index in [1.54, 1.807) is 37.3 Å². The summed E-state index contributed by atoms with van der Waals surface area (Å²) in [5, 5.41) is 3.21. The minimum Gasteiger partial charge on any atom is -0.493 e.